The number of rotatable bonds is 7. The van der Waals surface area contributed by atoms with Crippen LogP contribution in [0.25, 0.3) is 0 Å². The molecule has 0 radical (unpaired) electrons. The molecular formula is C21H23ClN4O5S. The smallest absolute Gasteiger partial charge is 0.312 e. The monoisotopic (exact) mass is 478 g/mol. The second-order valence-electron chi connectivity index (χ2n) is 7.13. The van der Waals surface area contributed by atoms with Crippen LogP contribution in [0.5, 0.6) is 0 Å². The number of carbonyl (C=O) groups is 4. The molecule has 11 heteroatoms. The first kappa shape index (κ1) is 23.6. The number of thiophene rings is 1. The molecule has 9 nitrogen and oxygen atoms in total. The zero-order chi connectivity index (χ0) is 23.1. The molecule has 1 aromatic heterocycles. The Morgan fingerprint density at radius 2 is 1.72 bits per heavy atom. The highest BCUT2D eigenvalue weighted by Gasteiger charge is 2.26. The van der Waals surface area contributed by atoms with Gasteiger partial charge >= 0.3 is 12.0 Å². The van der Waals surface area contributed by atoms with E-state index in [9.17, 15) is 19.2 Å². The molecule has 1 fully saturated rings. The third-order valence-corrected chi connectivity index (χ3v) is 6.08. The van der Waals surface area contributed by atoms with Crippen LogP contribution in [-0.2, 0) is 14.3 Å². The summed E-state index contributed by atoms with van der Waals surface area (Å²) >= 11 is 7.25. The number of primary amides is 1. The summed E-state index contributed by atoms with van der Waals surface area (Å²) in [5, 5.41) is 4.84. The van der Waals surface area contributed by atoms with E-state index in [0.29, 0.717) is 41.6 Å². The lowest BCUT2D eigenvalue weighted by Crippen LogP contribution is -2.51. The molecule has 3 rings (SSSR count). The number of nitrogens with one attached hydrogen (secondary N) is 1. The summed E-state index contributed by atoms with van der Waals surface area (Å²) in [6.45, 7) is 1.14. The van der Waals surface area contributed by atoms with E-state index < -0.39 is 24.6 Å². The van der Waals surface area contributed by atoms with Crippen LogP contribution in [0, 0.1) is 0 Å². The van der Waals surface area contributed by atoms with Crippen molar-refractivity contribution >= 4 is 46.8 Å². The Labute approximate surface area is 194 Å². The molecular weight excluding hydrogens is 456 g/mol. The van der Waals surface area contributed by atoms with Crippen molar-refractivity contribution in [1.29, 1.82) is 0 Å². The number of nitrogens with two attached hydrogens (primary N) is 1. The summed E-state index contributed by atoms with van der Waals surface area (Å²) in [6, 6.07) is 8.69. The topological polar surface area (TPSA) is 122 Å². The fourth-order valence-corrected chi connectivity index (χ4v) is 4.11. The third kappa shape index (κ3) is 6.44. The molecule has 3 N–H and O–H groups in total. The second kappa shape index (κ2) is 11.0. The fourth-order valence-electron chi connectivity index (χ4n) is 3.29. The van der Waals surface area contributed by atoms with Crippen LogP contribution in [0.1, 0.15) is 27.7 Å². The van der Waals surface area contributed by atoms with Gasteiger partial charge < -0.3 is 25.6 Å². The van der Waals surface area contributed by atoms with Gasteiger partial charge in [0.05, 0.1) is 17.3 Å². The normalized spacial score (nSPS) is 14.5. The highest BCUT2D eigenvalue weighted by molar-refractivity contribution is 7.12. The van der Waals surface area contributed by atoms with E-state index >= 15 is 0 Å². The summed E-state index contributed by atoms with van der Waals surface area (Å²) < 4.78 is 5.12. The maximum atomic E-state index is 12.4. The number of esters is 1. The first-order chi connectivity index (χ1) is 15.3. The van der Waals surface area contributed by atoms with Crippen molar-refractivity contribution in [3.05, 3.63) is 57.2 Å². The average Bonchev–Trinajstić information content (AvgIpc) is 3.32. The highest BCUT2D eigenvalue weighted by atomic mass is 35.5. The number of piperazine rings is 1. The second-order valence-corrected chi connectivity index (χ2v) is 8.51. The predicted octanol–water partition coefficient (Wildman–Crippen LogP) is 2.03. The molecule has 0 unspecified atom stereocenters. The maximum absolute atomic E-state index is 12.4. The molecule has 4 amide bonds. The first-order valence-corrected chi connectivity index (χ1v) is 11.2. The predicted molar refractivity (Wildman–Crippen MR) is 119 cm³/mol. The Morgan fingerprint density at radius 3 is 2.31 bits per heavy atom. The molecule has 0 aliphatic carbocycles. The molecule has 32 heavy (non-hydrogen) atoms. The van der Waals surface area contributed by atoms with Gasteiger partial charge in [-0.2, -0.15) is 0 Å². The van der Waals surface area contributed by atoms with Crippen molar-refractivity contribution in [2.45, 2.75) is 12.5 Å². The van der Waals surface area contributed by atoms with Crippen molar-refractivity contribution in [2.24, 2.45) is 5.73 Å². The van der Waals surface area contributed by atoms with Crippen molar-refractivity contribution in [3.8, 4) is 0 Å². The molecule has 1 saturated heterocycles. The molecule has 2 aromatic rings. The van der Waals surface area contributed by atoms with Crippen molar-refractivity contribution < 1.29 is 23.9 Å². The fraction of sp³-hybridized carbons (Fsp3) is 0.333. The van der Waals surface area contributed by atoms with E-state index in [1.54, 1.807) is 40.1 Å². The number of carbonyl (C=O) groups excluding carboxylic acids is 4. The first-order valence-electron chi connectivity index (χ1n) is 9.91. The molecule has 1 aliphatic rings. The van der Waals surface area contributed by atoms with Crippen LogP contribution in [0.3, 0.4) is 0 Å². The molecule has 0 spiro atoms. The quantitative estimate of drug-likeness (QED) is 0.589. The number of hydrogen-bond acceptors (Lipinski definition) is 6. The average molecular weight is 479 g/mol. The number of nitrogens with zero attached hydrogens (tertiary/aromatic N) is 2. The zero-order valence-electron chi connectivity index (χ0n) is 17.2. The Balaban J connectivity index is 1.46. The minimum absolute atomic E-state index is 0.0475. The molecule has 1 atom stereocenters. The summed E-state index contributed by atoms with van der Waals surface area (Å²) in [7, 11) is 0. The zero-order valence-corrected chi connectivity index (χ0v) is 18.7. The van der Waals surface area contributed by atoms with Crippen molar-refractivity contribution in [1.82, 2.24) is 15.1 Å². The van der Waals surface area contributed by atoms with Crippen LogP contribution < -0.4 is 11.1 Å². The molecule has 1 aromatic carbocycles. The van der Waals surface area contributed by atoms with Gasteiger partial charge in [-0.15, -0.1) is 11.3 Å². The van der Waals surface area contributed by atoms with Crippen LogP contribution in [0.2, 0.25) is 5.02 Å². The van der Waals surface area contributed by atoms with Gasteiger partial charge in [0, 0.05) is 31.2 Å². The number of amides is 4. The summed E-state index contributed by atoms with van der Waals surface area (Å²) in [5.41, 5.74) is 5.83. The number of halogens is 1. The molecule has 1 aliphatic heterocycles. The Bertz CT molecular complexity index is 959. The van der Waals surface area contributed by atoms with Gasteiger partial charge in [-0.25, -0.2) is 4.79 Å². The van der Waals surface area contributed by atoms with Gasteiger partial charge in [0.2, 0.25) is 0 Å². The van der Waals surface area contributed by atoms with Crippen molar-refractivity contribution in [3.63, 3.8) is 0 Å². The maximum Gasteiger partial charge on any atom is 0.312 e. The number of hydrogen-bond donors (Lipinski definition) is 2. The van der Waals surface area contributed by atoms with Gasteiger partial charge in [0.1, 0.15) is 0 Å². The lowest BCUT2D eigenvalue weighted by Gasteiger charge is -2.34. The lowest BCUT2D eigenvalue weighted by molar-refractivity contribution is -0.153. The minimum Gasteiger partial charge on any atom is -0.455 e. The molecule has 0 saturated carbocycles. The van der Waals surface area contributed by atoms with Gasteiger partial charge in [-0.1, -0.05) is 29.8 Å². The van der Waals surface area contributed by atoms with Gasteiger partial charge in [0.25, 0.3) is 11.8 Å². The van der Waals surface area contributed by atoms with Gasteiger partial charge in [-0.3, -0.25) is 14.4 Å². The lowest BCUT2D eigenvalue weighted by atomic mass is 10.0. The summed E-state index contributed by atoms with van der Waals surface area (Å²) in [6.07, 6.45) is -0.194. The Morgan fingerprint density at radius 1 is 1.06 bits per heavy atom. The summed E-state index contributed by atoms with van der Waals surface area (Å²) in [4.78, 5) is 52.3. The van der Waals surface area contributed by atoms with E-state index in [0.717, 1.165) is 0 Å². The number of benzene rings is 1. The number of ether oxygens (including phenoxy) is 1. The van der Waals surface area contributed by atoms with Crippen LogP contribution in [-0.4, -0.2) is 66.4 Å². The number of urea groups is 1. The van der Waals surface area contributed by atoms with Crippen LogP contribution in [0.15, 0.2) is 41.8 Å². The van der Waals surface area contributed by atoms with Crippen LogP contribution in [0.4, 0.5) is 4.79 Å². The summed E-state index contributed by atoms with van der Waals surface area (Å²) in [5.74, 6) is -1.04. The molecule has 2 heterocycles. The van der Waals surface area contributed by atoms with Gasteiger partial charge in [0.15, 0.2) is 6.61 Å². The van der Waals surface area contributed by atoms with Gasteiger partial charge in [-0.05, 0) is 29.1 Å². The van der Waals surface area contributed by atoms with E-state index in [2.05, 4.69) is 5.32 Å². The Hall–Kier alpha value is -3.11. The van der Waals surface area contributed by atoms with Crippen LogP contribution >= 0.6 is 22.9 Å². The highest BCUT2D eigenvalue weighted by Crippen LogP contribution is 2.20. The standard InChI is InChI=1S/C21H23ClN4O5S/c22-15-5-3-14(4-6-15)16(24-21(23)30)12-19(28)31-13-18(27)25-7-9-26(10-8-25)20(29)17-2-1-11-32-17/h1-6,11,16H,7-10,12-13H2,(H3,23,24,30)/t16-/m1/s1. The van der Waals surface area contributed by atoms with Crippen molar-refractivity contribution in [2.75, 3.05) is 32.8 Å². The van der Waals surface area contributed by atoms with E-state index in [-0.39, 0.29) is 18.2 Å². The third-order valence-electron chi connectivity index (χ3n) is 4.97. The van der Waals surface area contributed by atoms with E-state index in [1.165, 1.54) is 11.3 Å². The Kier molecular flexibility index (Phi) is 8.07. The SMILES string of the molecule is NC(=O)N[C@H](CC(=O)OCC(=O)N1CCN(C(=O)c2cccs2)CC1)c1ccc(Cl)cc1. The van der Waals surface area contributed by atoms with E-state index in [4.69, 9.17) is 22.1 Å². The van der Waals surface area contributed by atoms with E-state index in [1.807, 2.05) is 11.4 Å². The largest absolute Gasteiger partial charge is 0.455 e. The molecule has 0 bridgehead atoms. The molecule has 170 valence electrons. The minimum atomic E-state index is -0.788.